The Hall–Kier alpha value is -1.63. The number of benzene rings is 1. The molecule has 0 unspecified atom stereocenters. The van der Waals surface area contributed by atoms with Gasteiger partial charge >= 0.3 is 5.97 Å². The second-order valence-electron chi connectivity index (χ2n) is 4.84. The molecule has 114 valence electrons. The topological polar surface area (TPSA) is 87.7 Å². The number of carboxylic acids is 1. The van der Waals surface area contributed by atoms with Crippen molar-refractivity contribution < 1.29 is 19.4 Å². The average Bonchev–Trinajstić information content (AvgIpc) is 2.45. The van der Waals surface area contributed by atoms with Crippen LogP contribution < -0.4 is 10.6 Å². The second kappa shape index (κ2) is 7.40. The summed E-state index contributed by atoms with van der Waals surface area (Å²) in [6, 6.07) is 4.18. The number of hydrogen-bond donors (Lipinski definition) is 3. The van der Waals surface area contributed by atoms with E-state index in [1.807, 2.05) is 0 Å². The van der Waals surface area contributed by atoms with Crippen molar-refractivity contribution in [3.63, 3.8) is 0 Å². The molecule has 1 saturated heterocycles. The summed E-state index contributed by atoms with van der Waals surface area (Å²) >= 11 is 5.82. The van der Waals surface area contributed by atoms with Gasteiger partial charge in [0, 0.05) is 10.7 Å². The van der Waals surface area contributed by atoms with E-state index in [1.165, 1.54) is 18.2 Å². The van der Waals surface area contributed by atoms with E-state index >= 15 is 0 Å². The van der Waals surface area contributed by atoms with Gasteiger partial charge in [0.15, 0.2) is 0 Å². The van der Waals surface area contributed by atoms with E-state index in [0.717, 1.165) is 25.9 Å². The van der Waals surface area contributed by atoms with E-state index in [4.69, 9.17) is 21.4 Å². The molecule has 1 aromatic carbocycles. The number of carbonyl (C=O) groups is 2. The molecule has 1 aliphatic heterocycles. The number of carboxylic acid groups (broad SMARTS) is 1. The SMILES string of the molecule is O=C(COC1CCNCC1)Nc1cc(Cl)cc(C(=O)O)c1. The lowest BCUT2D eigenvalue weighted by Crippen LogP contribution is -2.34. The van der Waals surface area contributed by atoms with Crippen LogP contribution in [0.5, 0.6) is 0 Å². The molecule has 0 aliphatic carbocycles. The summed E-state index contributed by atoms with van der Waals surface area (Å²) in [6.07, 6.45) is 1.85. The fraction of sp³-hybridized carbons (Fsp3) is 0.429. The molecule has 0 radical (unpaired) electrons. The number of rotatable bonds is 5. The summed E-state index contributed by atoms with van der Waals surface area (Å²) < 4.78 is 5.52. The van der Waals surface area contributed by atoms with Crippen molar-refractivity contribution in [2.45, 2.75) is 18.9 Å². The minimum Gasteiger partial charge on any atom is -0.478 e. The van der Waals surface area contributed by atoms with Crippen molar-refractivity contribution in [3.05, 3.63) is 28.8 Å². The summed E-state index contributed by atoms with van der Waals surface area (Å²) in [5.74, 6) is -1.42. The first-order valence-electron chi connectivity index (χ1n) is 6.70. The van der Waals surface area contributed by atoms with Crippen molar-refractivity contribution in [2.75, 3.05) is 25.0 Å². The van der Waals surface area contributed by atoms with Gasteiger partial charge in [-0.05, 0) is 44.1 Å². The number of ether oxygens (including phenoxy) is 1. The van der Waals surface area contributed by atoms with Crippen LogP contribution in [0.2, 0.25) is 5.02 Å². The summed E-state index contributed by atoms with van der Waals surface area (Å²) in [7, 11) is 0. The van der Waals surface area contributed by atoms with Gasteiger partial charge in [-0.3, -0.25) is 4.79 Å². The van der Waals surface area contributed by atoms with Crippen molar-refractivity contribution in [2.24, 2.45) is 0 Å². The third-order valence-corrected chi connectivity index (χ3v) is 3.38. The minimum absolute atomic E-state index is 0.0251. The van der Waals surface area contributed by atoms with E-state index in [9.17, 15) is 9.59 Å². The van der Waals surface area contributed by atoms with Gasteiger partial charge in [-0.1, -0.05) is 11.6 Å². The Kier molecular flexibility index (Phi) is 5.55. The maximum absolute atomic E-state index is 11.8. The lowest BCUT2D eigenvalue weighted by molar-refractivity contribution is -0.123. The molecule has 2 rings (SSSR count). The van der Waals surface area contributed by atoms with Gasteiger partial charge in [-0.15, -0.1) is 0 Å². The Morgan fingerprint density at radius 1 is 1.33 bits per heavy atom. The Balaban J connectivity index is 1.88. The first kappa shape index (κ1) is 15.8. The van der Waals surface area contributed by atoms with Gasteiger partial charge in [-0.2, -0.15) is 0 Å². The number of aromatic carboxylic acids is 1. The van der Waals surface area contributed by atoms with E-state index in [0.29, 0.717) is 5.69 Å². The molecule has 0 spiro atoms. The molecule has 1 amide bonds. The van der Waals surface area contributed by atoms with E-state index in [-0.39, 0.29) is 29.2 Å². The van der Waals surface area contributed by atoms with E-state index < -0.39 is 5.97 Å². The number of carbonyl (C=O) groups excluding carboxylic acids is 1. The van der Waals surface area contributed by atoms with Crippen LogP contribution in [0.3, 0.4) is 0 Å². The quantitative estimate of drug-likeness (QED) is 0.771. The number of amides is 1. The maximum atomic E-state index is 11.8. The molecular weight excluding hydrogens is 296 g/mol. The van der Waals surface area contributed by atoms with Crippen LogP contribution in [0.15, 0.2) is 18.2 Å². The van der Waals surface area contributed by atoms with Gasteiger partial charge in [0.1, 0.15) is 6.61 Å². The van der Waals surface area contributed by atoms with Crippen LogP contribution in [0.4, 0.5) is 5.69 Å². The van der Waals surface area contributed by atoms with Crippen molar-refractivity contribution in [3.8, 4) is 0 Å². The zero-order valence-corrected chi connectivity index (χ0v) is 12.2. The fourth-order valence-corrected chi connectivity index (χ4v) is 2.37. The van der Waals surface area contributed by atoms with E-state index in [1.54, 1.807) is 0 Å². The van der Waals surface area contributed by atoms with Crippen LogP contribution >= 0.6 is 11.6 Å². The number of anilines is 1. The molecule has 1 fully saturated rings. The minimum atomic E-state index is -1.10. The first-order chi connectivity index (χ1) is 10.0. The maximum Gasteiger partial charge on any atom is 0.335 e. The molecule has 0 atom stereocenters. The van der Waals surface area contributed by atoms with Crippen molar-refractivity contribution in [1.29, 1.82) is 0 Å². The van der Waals surface area contributed by atoms with Gasteiger partial charge in [0.05, 0.1) is 11.7 Å². The highest BCUT2D eigenvalue weighted by Gasteiger charge is 2.15. The Bertz CT molecular complexity index is 530. The van der Waals surface area contributed by atoms with Crippen LogP contribution in [0.25, 0.3) is 0 Å². The number of piperidine rings is 1. The standard InChI is InChI=1S/C14H17ClN2O4/c15-10-5-9(14(19)20)6-11(7-10)17-13(18)8-21-12-1-3-16-4-2-12/h5-7,12,16H,1-4,8H2,(H,17,18)(H,19,20). The highest BCUT2D eigenvalue weighted by Crippen LogP contribution is 2.19. The van der Waals surface area contributed by atoms with Gasteiger partial charge in [0.25, 0.3) is 0 Å². The van der Waals surface area contributed by atoms with Crippen LogP contribution in [0, 0.1) is 0 Å². The Morgan fingerprint density at radius 3 is 2.71 bits per heavy atom. The zero-order valence-electron chi connectivity index (χ0n) is 11.4. The highest BCUT2D eigenvalue weighted by molar-refractivity contribution is 6.31. The lowest BCUT2D eigenvalue weighted by atomic mass is 10.1. The monoisotopic (exact) mass is 312 g/mol. The third-order valence-electron chi connectivity index (χ3n) is 3.16. The molecule has 1 aliphatic rings. The van der Waals surface area contributed by atoms with Crippen molar-refractivity contribution >= 4 is 29.2 Å². The molecule has 0 bridgehead atoms. The smallest absolute Gasteiger partial charge is 0.335 e. The largest absolute Gasteiger partial charge is 0.478 e. The molecule has 0 saturated carbocycles. The van der Waals surface area contributed by atoms with Crippen LogP contribution in [-0.4, -0.2) is 42.8 Å². The zero-order chi connectivity index (χ0) is 15.2. The Morgan fingerprint density at radius 2 is 2.05 bits per heavy atom. The predicted octanol–water partition coefficient (Wildman–Crippen LogP) is 1.75. The summed E-state index contributed by atoms with van der Waals surface area (Å²) in [4.78, 5) is 22.7. The van der Waals surface area contributed by atoms with Crippen molar-refractivity contribution in [1.82, 2.24) is 5.32 Å². The first-order valence-corrected chi connectivity index (χ1v) is 7.08. The van der Waals surface area contributed by atoms with Crippen LogP contribution in [-0.2, 0) is 9.53 Å². The predicted molar refractivity (Wildman–Crippen MR) is 78.9 cm³/mol. The van der Waals surface area contributed by atoms with E-state index in [2.05, 4.69) is 10.6 Å². The number of halogens is 1. The fourth-order valence-electron chi connectivity index (χ4n) is 2.14. The number of hydrogen-bond acceptors (Lipinski definition) is 4. The molecule has 1 aromatic rings. The molecule has 7 heteroatoms. The van der Waals surface area contributed by atoms with Gasteiger partial charge in [-0.25, -0.2) is 4.79 Å². The molecular formula is C14H17ClN2O4. The Labute approximate surface area is 127 Å². The highest BCUT2D eigenvalue weighted by atomic mass is 35.5. The lowest BCUT2D eigenvalue weighted by Gasteiger charge is -2.22. The molecule has 6 nitrogen and oxygen atoms in total. The normalized spacial score (nSPS) is 15.7. The second-order valence-corrected chi connectivity index (χ2v) is 5.28. The third kappa shape index (κ3) is 5.00. The number of nitrogens with one attached hydrogen (secondary N) is 2. The molecule has 21 heavy (non-hydrogen) atoms. The molecule has 3 N–H and O–H groups in total. The van der Waals surface area contributed by atoms with Crippen LogP contribution in [0.1, 0.15) is 23.2 Å². The summed E-state index contributed by atoms with van der Waals surface area (Å²) in [6.45, 7) is 1.73. The summed E-state index contributed by atoms with van der Waals surface area (Å²) in [5.41, 5.74) is 0.371. The van der Waals surface area contributed by atoms with Gasteiger partial charge in [0.2, 0.25) is 5.91 Å². The molecule has 0 aromatic heterocycles. The molecule has 1 heterocycles. The average molecular weight is 313 g/mol. The summed E-state index contributed by atoms with van der Waals surface area (Å²) in [5, 5.41) is 15.0. The van der Waals surface area contributed by atoms with Gasteiger partial charge < -0.3 is 20.5 Å².